The molecule has 3 aromatic rings. The van der Waals surface area contributed by atoms with Gasteiger partial charge in [-0.15, -0.1) is 0 Å². The third-order valence-electron chi connectivity index (χ3n) is 4.11. The van der Waals surface area contributed by atoms with Crippen LogP contribution < -0.4 is 10.1 Å². The van der Waals surface area contributed by atoms with Crippen LogP contribution in [0.2, 0.25) is 5.02 Å². The van der Waals surface area contributed by atoms with Crippen LogP contribution in [0.25, 0.3) is 0 Å². The second kappa shape index (κ2) is 8.73. The second-order valence-corrected chi connectivity index (χ2v) is 6.75. The molecule has 0 aliphatic rings. The molecule has 0 saturated heterocycles. The van der Waals surface area contributed by atoms with E-state index in [0.29, 0.717) is 17.3 Å². The summed E-state index contributed by atoms with van der Waals surface area (Å²) in [5.74, 6) is 0.398. The molecule has 0 radical (unpaired) electrons. The molecule has 3 rings (SSSR count). The summed E-state index contributed by atoms with van der Waals surface area (Å²) < 4.78 is 8.98. The number of aryl methyl sites for hydroxylation is 1. The van der Waals surface area contributed by atoms with Crippen LogP contribution in [0, 0.1) is 5.92 Å². The molecule has 0 spiro atoms. The summed E-state index contributed by atoms with van der Waals surface area (Å²) >= 11 is 5.84. The van der Waals surface area contributed by atoms with Crippen LogP contribution in [0.3, 0.4) is 0 Å². The Morgan fingerprint density at radius 2 is 1.93 bits per heavy atom. The number of nitrogens with zero attached hydrogens (tertiary/aromatic N) is 4. The van der Waals surface area contributed by atoms with E-state index in [-0.39, 0.29) is 18.6 Å². The van der Waals surface area contributed by atoms with E-state index < -0.39 is 0 Å². The van der Waals surface area contributed by atoms with Gasteiger partial charge in [0.15, 0.2) is 6.73 Å². The molecule has 142 valence electrons. The van der Waals surface area contributed by atoms with Gasteiger partial charge in [0.2, 0.25) is 5.91 Å². The van der Waals surface area contributed by atoms with Crippen LogP contribution in [-0.2, 0) is 24.5 Å². The molecular weight excluding hydrogens is 366 g/mol. The van der Waals surface area contributed by atoms with Gasteiger partial charge < -0.3 is 10.1 Å². The number of hydrogen-bond acceptors (Lipinski definition) is 4. The molecule has 7 nitrogen and oxygen atoms in total. The van der Waals surface area contributed by atoms with Gasteiger partial charge in [-0.3, -0.25) is 9.48 Å². The number of rotatable bonds is 8. The number of halogens is 1. The number of ether oxygens (including phenoxy) is 1. The SMILES string of the molecule is CCc1ccc(OCn2cc(NC(=O)C(C)Cn3cc(Cl)cn3)cn2)cc1. The number of hydrogen-bond donors (Lipinski definition) is 1. The molecule has 0 saturated carbocycles. The molecule has 0 bridgehead atoms. The minimum Gasteiger partial charge on any atom is -0.471 e. The van der Waals surface area contributed by atoms with E-state index in [4.69, 9.17) is 16.3 Å². The molecule has 1 amide bonds. The lowest BCUT2D eigenvalue weighted by atomic mass is 10.1. The highest BCUT2D eigenvalue weighted by molar-refractivity contribution is 6.30. The molecule has 0 aliphatic carbocycles. The molecular formula is C19H22ClN5O2. The van der Waals surface area contributed by atoms with Crippen molar-refractivity contribution < 1.29 is 9.53 Å². The first-order valence-corrected chi connectivity index (χ1v) is 9.14. The maximum absolute atomic E-state index is 12.3. The van der Waals surface area contributed by atoms with Crippen molar-refractivity contribution in [3.63, 3.8) is 0 Å². The fourth-order valence-corrected chi connectivity index (χ4v) is 2.68. The van der Waals surface area contributed by atoms with Gasteiger partial charge in [0.1, 0.15) is 5.75 Å². The van der Waals surface area contributed by atoms with Gasteiger partial charge in [-0.1, -0.05) is 37.6 Å². The average Bonchev–Trinajstić information content (AvgIpc) is 3.29. The van der Waals surface area contributed by atoms with E-state index >= 15 is 0 Å². The Kier molecular flexibility index (Phi) is 6.13. The third kappa shape index (κ3) is 5.34. The van der Waals surface area contributed by atoms with Crippen molar-refractivity contribution in [2.45, 2.75) is 33.5 Å². The maximum atomic E-state index is 12.3. The summed E-state index contributed by atoms with van der Waals surface area (Å²) in [6, 6.07) is 7.96. The Hall–Kier alpha value is -2.80. The van der Waals surface area contributed by atoms with Crippen molar-refractivity contribution in [2.75, 3.05) is 5.32 Å². The summed E-state index contributed by atoms with van der Waals surface area (Å²) in [6.45, 7) is 4.66. The van der Waals surface area contributed by atoms with E-state index in [1.807, 2.05) is 31.2 Å². The van der Waals surface area contributed by atoms with E-state index in [2.05, 4.69) is 22.4 Å². The van der Waals surface area contributed by atoms with Crippen molar-refractivity contribution in [3.8, 4) is 5.75 Å². The van der Waals surface area contributed by atoms with Crippen molar-refractivity contribution in [1.82, 2.24) is 19.6 Å². The smallest absolute Gasteiger partial charge is 0.229 e. The lowest BCUT2D eigenvalue weighted by Crippen LogP contribution is -2.24. The molecule has 2 heterocycles. The third-order valence-corrected chi connectivity index (χ3v) is 4.30. The largest absolute Gasteiger partial charge is 0.471 e. The Morgan fingerprint density at radius 1 is 1.19 bits per heavy atom. The fraction of sp³-hybridized carbons (Fsp3) is 0.316. The molecule has 0 fully saturated rings. The average molecular weight is 388 g/mol. The lowest BCUT2D eigenvalue weighted by molar-refractivity contribution is -0.119. The van der Waals surface area contributed by atoms with E-state index in [1.165, 1.54) is 5.56 Å². The quantitative estimate of drug-likeness (QED) is 0.640. The Morgan fingerprint density at radius 3 is 2.59 bits per heavy atom. The van der Waals surface area contributed by atoms with Gasteiger partial charge in [-0.2, -0.15) is 10.2 Å². The van der Waals surface area contributed by atoms with E-state index in [0.717, 1.165) is 12.2 Å². The number of aromatic nitrogens is 4. The first kappa shape index (κ1) is 19.0. The maximum Gasteiger partial charge on any atom is 0.229 e. The van der Waals surface area contributed by atoms with Crippen LogP contribution in [0.5, 0.6) is 5.75 Å². The van der Waals surface area contributed by atoms with Crippen molar-refractivity contribution >= 4 is 23.2 Å². The molecule has 0 aliphatic heterocycles. The Balaban J connectivity index is 1.49. The molecule has 1 atom stereocenters. The van der Waals surface area contributed by atoms with Crippen LogP contribution in [0.4, 0.5) is 5.69 Å². The predicted molar refractivity (Wildman–Crippen MR) is 104 cm³/mol. The number of anilines is 1. The van der Waals surface area contributed by atoms with Gasteiger partial charge in [0.05, 0.1) is 41.8 Å². The second-order valence-electron chi connectivity index (χ2n) is 6.31. The van der Waals surface area contributed by atoms with Crippen LogP contribution in [0.1, 0.15) is 19.4 Å². The van der Waals surface area contributed by atoms with Crippen molar-refractivity contribution in [1.29, 1.82) is 0 Å². The Bertz CT molecular complexity index is 888. The van der Waals surface area contributed by atoms with Gasteiger partial charge in [0, 0.05) is 6.20 Å². The lowest BCUT2D eigenvalue weighted by Gasteiger charge is -2.11. The number of amides is 1. The van der Waals surface area contributed by atoms with E-state index in [9.17, 15) is 4.79 Å². The highest BCUT2D eigenvalue weighted by atomic mass is 35.5. The molecule has 8 heteroatoms. The monoisotopic (exact) mass is 387 g/mol. The number of nitrogens with one attached hydrogen (secondary N) is 1. The summed E-state index contributed by atoms with van der Waals surface area (Å²) in [4.78, 5) is 12.3. The van der Waals surface area contributed by atoms with Crippen molar-refractivity contribution in [3.05, 3.63) is 59.6 Å². The normalized spacial score (nSPS) is 12.0. The minimum absolute atomic E-state index is 0.114. The highest BCUT2D eigenvalue weighted by Crippen LogP contribution is 2.14. The molecule has 1 unspecified atom stereocenters. The van der Waals surface area contributed by atoms with Gasteiger partial charge >= 0.3 is 0 Å². The van der Waals surface area contributed by atoms with E-state index in [1.54, 1.807) is 34.2 Å². The van der Waals surface area contributed by atoms with Gasteiger partial charge in [0.25, 0.3) is 0 Å². The number of carbonyl (C=O) groups is 1. The molecule has 1 N–H and O–H groups in total. The first-order chi connectivity index (χ1) is 13.0. The highest BCUT2D eigenvalue weighted by Gasteiger charge is 2.15. The number of benzene rings is 1. The fourth-order valence-electron chi connectivity index (χ4n) is 2.53. The Labute approximate surface area is 162 Å². The van der Waals surface area contributed by atoms with Gasteiger partial charge in [-0.25, -0.2) is 4.68 Å². The summed E-state index contributed by atoms with van der Waals surface area (Å²) in [5.41, 5.74) is 1.88. The van der Waals surface area contributed by atoms with Crippen LogP contribution in [-0.4, -0.2) is 25.5 Å². The number of carbonyl (C=O) groups excluding carboxylic acids is 1. The predicted octanol–water partition coefficient (Wildman–Crippen LogP) is 3.61. The van der Waals surface area contributed by atoms with Crippen molar-refractivity contribution in [2.24, 2.45) is 5.92 Å². The molecule has 2 aromatic heterocycles. The minimum atomic E-state index is -0.266. The standard InChI is InChI=1S/C19H22ClN5O2/c1-3-15-4-6-18(7-5-15)27-13-25-12-17(9-22-25)23-19(26)14(2)10-24-11-16(20)8-21-24/h4-9,11-12,14H,3,10,13H2,1-2H3,(H,23,26). The summed E-state index contributed by atoms with van der Waals surface area (Å²) in [6.07, 6.45) is 7.56. The zero-order valence-corrected chi connectivity index (χ0v) is 16.1. The van der Waals surface area contributed by atoms with Crippen LogP contribution in [0.15, 0.2) is 49.1 Å². The summed E-state index contributed by atoms with van der Waals surface area (Å²) in [7, 11) is 0. The van der Waals surface area contributed by atoms with Gasteiger partial charge in [-0.05, 0) is 24.1 Å². The zero-order valence-electron chi connectivity index (χ0n) is 15.3. The zero-order chi connectivity index (χ0) is 19.2. The topological polar surface area (TPSA) is 74.0 Å². The molecule has 27 heavy (non-hydrogen) atoms. The first-order valence-electron chi connectivity index (χ1n) is 8.76. The van der Waals surface area contributed by atoms with Crippen LogP contribution >= 0.6 is 11.6 Å². The molecule has 1 aromatic carbocycles. The summed E-state index contributed by atoms with van der Waals surface area (Å²) in [5, 5.41) is 11.7.